The minimum atomic E-state index is -0.453. The number of carbonyl (C=O) groups is 1. The monoisotopic (exact) mass is 309 g/mol. The molecule has 7 nitrogen and oxygen atoms in total. The molecule has 1 amide bonds. The molecule has 0 aromatic carbocycles. The number of hydrogen-bond acceptors (Lipinski definition) is 5. The fourth-order valence-corrected chi connectivity index (χ4v) is 2.50. The summed E-state index contributed by atoms with van der Waals surface area (Å²) in [7, 11) is 0. The Labute approximate surface area is 131 Å². The van der Waals surface area contributed by atoms with Gasteiger partial charge in [-0.2, -0.15) is 0 Å². The summed E-state index contributed by atoms with van der Waals surface area (Å²) in [6, 6.07) is 0.167. The number of alkyl carbamates (subject to hydrolysis) is 1. The first-order chi connectivity index (χ1) is 10.4. The van der Waals surface area contributed by atoms with E-state index in [4.69, 9.17) is 4.74 Å². The van der Waals surface area contributed by atoms with Crippen LogP contribution < -0.4 is 10.6 Å². The van der Waals surface area contributed by atoms with E-state index in [1.807, 2.05) is 20.8 Å². The third-order valence-corrected chi connectivity index (χ3v) is 3.50. The Balaban J connectivity index is 1.63. The van der Waals surface area contributed by atoms with E-state index in [0.717, 1.165) is 44.0 Å². The van der Waals surface area contributed by atoms with Gasteiger partial charge in [0.25, 0.3) is 0 Å². The number of fused-ring (bicyclic) bond motifs is 1. The Morgan fingerprint density at radius 2 is 2.14 bits per heavy atom. The normalized spacial score (nSPS) is 15.5. The third-order valence-electron chi connectivity index (χ3n) is 3.50. The molecule has 0 aliphatic carbocycles. The van der Waals surface area contributed by atoms with Crippen molar-refractivity contribution in [1.29, 1.82) is 0 Å². The number of hydrogen-bond donors (Lipinski definition) is 2. The zero-order valence-electron chi connectivity index (χ0n) is 14.0. The second-order valence-corrected chi connectivity index (χ2v) is 6.69. The van der Waals surface area contributed by atoms with Crippen LogP contribution in [0, 0.1) is 0 Å². The lowest BCUT2D eigenvalue weighted by Gasteiger charge is -2.19. The van der Waals surface area contributed by atoms with Gasteiger partial charge in [-0.3, -0.25) is 0 Å². The Hall–Kier alpha value is -1.63. The van der Waals surface area contributed by atoms with Crippen LogP contribution in [0.3, 0.4) is 0 Å². The van der Waals surface area contributed by atoms with Crippen LogP contribution in [-0.4, -0.2) is 39.5 Å². The number of carbonyl (C=O) groups excluding carboxylic acids is 1. The van der Waals surface area contributed by atoms with Crippen molar-refractivity contribution < 1.29 is 9.53 Å². The lowest BCUT2D eigenvalue weighted by atomic mass is 10.2. The number of aryl methyl sites for hydroxylation is 1. The summed E-state index contributed by atoms with van der Waals surface area (Å²) >= 11 is 0. The molecular weight excluding hydrogens is 282 g/mol. The van der Waals surface area contributed by atoms with Crippen molar-refractivity contribution in [3.05, 3.63) is 11.6 Å². The molecule has 0 spiro atoms. The quantitative estimate of drug-likeness (QED) is 0.783. The number of nitrogens with zero attached hydrogens (tertiary/aromatic N) is 3. The molecule has 7 heteroatoms. The number of nitrogens with one attached hydrogen (secondary N) is 2. The highest BCUT2D eigenvalue weighted by atomic mass is 16.6. The zero-order valence-corrected chi connectivity index (χ0v) is 14.0. The minimum absolute atomic E-state index is 0.167. The average molecular weight is 309 g/mol. The number of ether oxygens (including phenoxy) is 1. The van der Waals surface area contributed by atoms with E-state index in [1.54, 1.807) is 0 Å². The Morgan fingerprint density at radius 3 is 2.86 bits per heavy atom. The summed E-state index contributed by atoms with van der Waals surface area (Å²) < 4.78 is 7.39. The highest BCUT2D eigenvalue weighted by Gasteiger charge is 2.20. The van der Waals surface area contributed by atoms with Gasteiger partial charge in [-0.1, -0.05) is 0 Å². The predicted octanol–water partition coefficient (Wildman–Crippen LogP) is 1.79. The van der Waals surface area contributed by atoms with Crippen LogP contribution in [0.5, 0.6) is 0 Å². The smallest absolute Gasteiger partial charge is 0.407 e. The first kappa shape index (κ1) is 16.7. The van der Waals surface area contributed by atoms with Gasteiger partial charge >= 0.3 is 6.09 Å². The van der Waals surface area contributed by atoms with Crippen LogP contribution in [-0.2, 0) is 17.7 Å². The van der Waals surface area contributed by atoms with E-state index in [-0.39, 0.29) is 12.1 Å². The molecule has 0 radical (unpaired) electrons. The second-order valence-electron chi connectivity index (χ2n) is 6.69. The van der Waals surface area contributed by atoms with Gasteiger partial charge < -0.3 is 19.9 Å². The summed E-state index contributed by atoms with van der Waals surface area (Å²) in [4.78, 5) is 11.5. The maximum atomic E-state index is 11.5. The molecule has 22 heavy (non-hydrogen) atoms. The summed E-state index contributed by atoms with van der Waals surface area (Å²) in [6.45, 7) is 10.1. The highest BCUT2D eigenvalue weighted by Crippen LogP contribution is 2.18. The number of rotatable bonds is 6. The van der Waals surface area contributed by atoms with E-state index in [1.165, 1.54) is 0 Å². The highest BCUT2D eigenvalue weighted by molar-refractivity contribution is 5.67. The first-order valence-electron chi connectivity index (χ1n) is 7.99. The van der Waals surface area contributed by atoms with E-state index < -0.39 is 5.60 Å². The summed E-state index contributed by atoms with van der Waals surface area (Å²) in [5.41, 5.74) is -0.453. The molecule has 2 heterocycles. The van der Waals surface area contributed by atoms with Crippen molar-refractivity contribution in [2.75, 3.05) is 13.1 Å². The standard InChI is InChI=1S/C15H27N5O2/c1-11(13-19-18-12-7-5-10-20(12)13)16-8-6-9-17-14(21)22-15(2,3)4/h11,16H,5-10H2,1-4H3,(H,17,21). The number of amides is 1. The van der Waals surface area contributed by atoms with E-state index in [9.17, 15) is 4.79 Å². The third kappa shape index (κ3) is 4.69. The largest absolute Gasteiger partial charge is 0.444 e. The van der Waals surface area contributed by atoms with Crippen molar-refractivity contribution in [3.8, 4) is 0 Å². The van der Waals surface area contributed by atoms with E-state index in [2.05, 4.69) is 32.3 Å². The second kappa shape index (κ2) is 7.09. The van der Waals surface area contributed by atoms with E-state index in [0.29, 0.717) is 6.54 Å². The average Bonchev–Trinajstić information content (AvgIpc) is 2.97. The molecule has 2 rings (SSSR count). The van der Waals surface area contributed by atoms with Crippen LogP contribution in [0.1, 0.15) is 58.2 Å². The van der Waals surface area contributed by atoms with Gasteiger partial charge in [0.2, 0.25) is 0 Å². The number of aromatic nitrogens is 3. The van der Waals surface area contributed by atoms with Crippen molar-refractivity contribution >= 4 is 6.09 Å². The maximum Gasteiger partial charge on any atom is 0.407 e. The molecule has 1 aliphatic heterocycles. The topological polar surface area (TPSA) is 81.1 Å². The summed E-state index contributed by atoms with van der Waals surface area (Å²) in [5.74, 6) is 2.10. The van der Waals surface area contributed by atoms with Crippen molar-refractivity contribution in [1.82, 2.24) is 25.4 Å². The Kier molecular flexibility index (Phi) is 5.39. The predicted molar refractivity (Wildman–Crippen MR) is 83.6 cm³/mol. The molecule has 1 aromatic heterocycles. The van der Waals surface area contributed by atoms with Gasteiger partial charge in [0, 0.05) is 19.5 Å². The lowest BCUT2D eigenvalue weighted by molar-refractivity contribution is 0.0527. The van der Waals surface area contributed by atoms with E-state index >= 15 is 0 Å². The van der Waals surface area contributed by atoms with Crippen LogP contribution in [0.2, 0.25) is 0 Å². The fourth-order valence-electron chi connectivity index (χ4n) is 2.50. The first-order valence-corrected chi connectivity index (χ1v) is 7.99. The SMILES string of the molecule is CC(NCCCNC(=O)OC(C)(C)C)c1nnc2n1CCC2. The molecule has 1 atom stereocenters. The zero-order chi connectivity index (χ0) is 16.2. The molecular formula is C15H27N5O2. The van der Waals surface area contributed by atoms with Crippen molar-refractivity contribution in [2.45, 2.75) is 65.1 Å². The van der Waals surface area contributed by atoms with Gasteiger partial charge in [-0.05, 0) is 47.1 Å². The van der Waals surface area contributed by atoms with Gasteiger partial charge in [0.05, 0.1) is 6.04 Å². The molecule has 1 unspecified atom stereocenters. The van der Waals surface area contributed by atoms with Crippen LogP contribution >= 0.6 is 0 Å². The fraction of sp³-hybridized carbons (Fsp3) is 0.800. The van der Waals surface area contributed by atoms with Gasteiger partial charge in [0.15, 0.2) is 0 Å². The van der Waals surface area contributed by atoms with Crippen molar-refractivity contribution in [2.24, 2.45) is 0 Å². The van der Waals surface area contributed by atoms with Gasteiger partial charge in [-0.15, -0.1) is 10.2 Å². The molecule has 1 aromatic rings. The van der Waals surface area contributed by atoms with Crippen molar-refractivity contribution in [3.63, 3.8) is 0 Å². The molecule has 0 saturated heterocycles. The van der Waals surface area contributed by atoms with Crippen LogP contribution in [0.25, 0.3) is 0 Å². The molecule has 0 fully saturated rings. The molecule has 124 valence electrons. The molecule has 0 bridgehead atoms. The molecule has 2 N–H and O–H groups in total. The van der Waals surface area contributed by atoms with Crippen LogP contribution in [0.15, 0.2) is 0 Å². The summed E-state index contributed by atoms with van der Waals surface area (Å²) in [5, 5.41) is 14.7. The minimum Gasteiger partial charge on any atom is -0.444 e. The molecule has 1 aliphatic rings. The summed E-state index contributed by atoms with van der Waals surface area (Å²) in [6.07, 6.45) is 2.66. The van der Waals surface area contributed by atoms with Gasteiger partial charge in [-0.25, -0.2) is 4.79 Å². The molecule has 0 saturated carbocycles. The maximum absolute atomic E-state index is 11.5. The Morgan fingerprint density at radius 1 is 1.36 bits per heavy atom. The van der Waals surface area contributed by atoms with Crippen LogP contribution in [0.4, 0.5) is 4.79 Å². The Bertz CT molecular complexity index is 507. The lowest BCUT2D eigenvalue weighted by Crippen LogP contribution is -2.34. The van der Waals surface area contributed by atoms with Gasteiger partial charge in [0.1, 0.15) is 17.2 Å².